The number of morpholine rings is 1. The lowest BCUT2D eigenvalue weighted by atomic mass is 9.99. The number of ether oxygens (including phenoxy) is 1. The summed E-state index contributed by atoms with van der Waals surface area (Å²) < 4.78 is 5.95. The molecule has 19 heavy (non-hydrogen) atoms. The van der Waals surface area contributed by atoms with Crippen LogP contribution in [-0.2, 0) is 4.74 Å². The van der Waals surface area contributed by atoms with Gasteiger partial charge in [-0.2, -0.15) is 0 Å². The maximum atomic E-state index is 6.09. The van der Waals surface area contributed by atoms with Crippen LogP contribution in [-0.4, -0.2) is 36.2 Å². The zero-order chi connectivity index (χ0) is 14.0. The predicted octanol–water partition coefficient (Wildman–Crippen LogP) is 2.84. The number of benzene rings is 1. The minimum absolute atomic E-state index is 0.135. The molecule has 1 fully saturated rings. The Balaban J connectivity index is 2.22. The van der Waals surface area contributed by atoms with E-state index >= 15 is 0 Å². The van der Waals surface area contributed by atoms with Gasteiger partial charge in [0.1, 0.15) is 0 Å². The Bertz CT molecular complexity index is 436. The van der Waals surface area contributed by atoms with Gasteiger partial charge in [0.25, 0.3) is 0 Å². The predicted molar refractivity (Wildman–Crippen MR) is 79.4 cm³/mol. The molecule has 0 aromatic heterocycles. The molecule has 106 valence electrons. The average Bonchev–Trinajstić information content (AvgIpc) is 2.27. The first kappa shape index (κ1) is 14.8. The van der Waals surface area contributed by atoms with Crippen LogP contribution < -0.4 is 5.73 Å². The molecule has 1 aliphatic heterocycles. The summed E-state index contributed by atoms with van der Waals surface area (Å²) in [5.41, 5.74) is 7.04. The summed E-state index contributed by atoms with van der Waals surface area (Å²) in [7, 11) is 0. The number of nitrogens with zero attached hydrogens (tertiary/aromatic N) is 1. The molecule has 2 unspecified atom stereocenters. The molecule has 0 amide bonds. The molecule has 0 saturated carbocycles. The molecule has 1 heterocycles. The second-order valence-electron chi connectivity index (χ2n) is 5.92. The van der Waals surface area contributed by atoms with Crippen LogP contribution in [0, 0.1) is 0 Å². The molecule has 1 aromatic rings. The molecule has 3 nitrogen and oxygen atoms in total. The fourth-order valence-electron chi connectivity index (χ4n) is 2.95. The highest BCUT2D eigenvalue weighted by Gasteiger charge is 2.34. The van der Waals surface area contributed by atoms with E-state index in [2.05, 4.69) is 31.7 Å². The van der Waals surface area contributed by atoms with Gasteiger partial charge in [-0.05, 0) is 38.5 Å². The Morgan fingerprint density at radius 1 is 1.53 bits per heavy atom. The lowest BCUT2D eigenvalue weighted by Crippen LogP contribution is -2.53. The van der Waals surface area contributed by atoms with E-state index in [1.807, 2.05) is 18.2 Å². The first-order valence-electron chi connectivity index (χ1n) is 6.79. The van der Waals surface area contributed by atoms with Crippen LogP contribution >= 0.6 is 11.6 Å². The smallest absolute Gasteiger partial charge is 0.0757 e. The Labute approximate surface area is 120 Å². The molecule has 0 radical (unpaired) electrons. The molecule has 2 atom stereocenters. The van der Waals surface area contributed by atoms with E-state index < -0.39 is 0 Å². The highest BCUT2D eigenvalue weighted by atomic mass is 35.5. The lowest BCUT2D eigenvalue weighted by Gasteiger charge is -2.45. The minimum atomic E-state index is -0.135. The van der Waals surface area contributed by atoms with E-state index in [0.717, 1.165) is 18.1 Å². The van der Waals surface area contributed by atoms with Gasteiger partial charge in [-0.25, -0.2) is 0 Å². The van der Waals surface area contributed by atoms with Gasteiger partial charge in [0, 0.05) is 30.7 Å². The van der Waals surface area contributed by atoms with E-state index in [1.165, 1.54) is 5.56 Å². The van der Waals surface area contributed by atoms with E-state index in [4.69, 9.17) is 22.1 Å². The molecule has 0 aliphatic carbocycles. The molecule has 4 heteroatoms. The maximum absolute atomic E-state index is 6.09. The third-order valence-electron chi connectivity index (χ3n) is 3.49. The Hall–Kier alpha value is -0.610. The molecule has 0 bridgehead atoms. The summed E-state index contributed by atoms with van der Waals surface area (Å²) in [4.78, 5) is 2.40. The zero-order valence-corrected chi connectivity index (χ0v) is 12.7. The van der Waals surface area contributed by atoms with Gasteiger partial charge in [-0.3, -0.25) is 4.90 Å². The van der Waals surface area contributed by atoms with Crippen LogP contribution in [0.2, 0.25) is 5.02 Å². The highest BCUT2D eigenvalue weighted by Crippen LogP contribution is 2.29. The van der Waals surface area contributed by atoms with E-state index in [0.29, 0.717) is 6.54 Å². The van der Waals surface area contributed by atoms with Gasteiger partial charge in [-0.1, -0.05) is 23.7 Å². The summed E-state index contributed by atoms with van der Waals surface area (Å²) >= 11 is 6.09. The lowest BCUT2D eigenvalue weighted by molar-refractivity contribution is -0.137. The van der Waals surface area contributed by atoms with E-state index in [1.54, 1.807) is 0 Å². The van der Waals surface area contributed by atoms with E-state index in [9.17, 15) is 0 Å². The van der Waals surface area contributed by atoms with Crippen molar-refractivity contribution in [3.8, 4) is 0 Å². The molecule has 2 N–H and O–H groups in total. The molecule has 1 aromatic carbocycles. The van der Waals surface area contributed by atoms with Crippen molar-refractivity contribution in [1.29, 1.82) is 0 Å². The fraction of sp³-hybridized carbons (Fsp3) is 0.600. The first-order chi connectivity index (χ1) is 8.91. The van der Waals surface area contributed by atoms with Crippen molar-refractivity contribution < 1.29 is 4.74 Å². The van der Waals surface area contributed by atoms with Gasteiger partial charge in [0.2, 0.25) is 0 Å². The molecular weight excluding hydrogens is 260 g/mol. The number of hydrogen-bond acceptors (Lipinski definition) is 3. The monoisotopic (exact) mass is 282 g/mol. The van der Waals surface area contributed by atoms with Crippen LogP contribution in [0.15, 0.2) is 24.3 Å². The van der Waals surface area contributed by atoms with Crippen LogP contribution in [0.1, 0.15) is 32.4 Å². The largest absolute Gasteiger partial charge is 0.370 e. The third kappa shape index (κ3) is 3.69. The van der Waals surface area contributed by atoms with Crippen molar-refractivity contribution in [2.24, 2.45) is 5.73 Å². The van der Waals surface area contributed by atoms with Crippen LogP contribution in [0.5, 0.6) is 0 Å². The second kappa shape index (κ2) is 5.80. The standard InChI is InChI=1S/C15H23ClN2O/c1-11-9-18(10-15(2,3)19-11)14(8-17)12-5-4-6-13(16)7-12/h4-7,11,14H,8-10,17H2,1-3H3. The van der Waals surface area contributed by atoms with Gasteiger partial charge in [-0.15, -0.1) is 0 Å². The van der Waals surface area contributed by atoms with Crippen molar-refractivity contribution in [3.05, 3.63) is 34.9 Å². The minimum Gasteiger partial charge on any atom is -0.370 e. The molecular formula is C15H23ClN2O. The quantitative estimate of drug-likeness (QED) is 0.926. The number of nitrogens with two attached hydrogens (primary N) is 1. The van der Waals surface area contributed by atoms with Crippen molar-refractivity contribution in [2.45, 2.75) is 38.5 Å². The summed E-state index contributed by atoms with van der Waals surface area (Å²) in [5, 5.41) is 0.761. The number of halogens is 1. The second-order valence-corrected chi connectivity index (χ2v) is 6.36. The van der Waals surface area contributed by atoms with Gasteiger partial charge in [0.05, 0.1) is 11.7 Å². The Morgan fingerprint density at radius 2 is 2.26 bits per heavy atom. The molecule has 2 rings (SSSR count). The van der Waals surface area contributed by atoms with Crippen LogP contribution in [0.4, 0.5) is 0 Å². The maximum Gasteiger partial charge on any atom is 0.0757 e. The number of rotatable bonds is 3. The summed E-state index contributed by atoms with van der Waals surface area (Å²) in [6.45, 7) is 8.73. The van der Waals surface area contributed by atoms with Crippen LogP contribution in [0.3, 0.4) is 0 Å². The average molecular weight is 283 g/mol. The summed E-state index contributed by atoms with van der Waals surface area (Å²) in [5.74, 6) is 0. The Morgan fingerprint density at radius 3 is 2.84 bits per heavy atom. The fourth-order valence-corrected chi connectivity index (χ4v) is 3.15. The highest BCUT2D eigenvalue weighted by molar-refractivity contribution is 6.30. The SMILES string of the molecule is CC1CN(C(CN)c2cccc(Cl)c2)CC(C)(C)O1. The van der Waals surface area contributed by atoms with Crippen molar-refractivity contribution >= 4 is 11.6 Å². The van der Waals surface area contributed by atoms with Gasteiger partial charge in [0.15, 0.2) is 0 Å². The molecule has 0 spiro atoms. The van der Waals surface area contributed by atoms with Crippen molar-refractivity contribution in [3.63, 3.8) is 0 Å². The first-order valence-corrected chi connectivity index (χ1v) is 7.16. The van der Waals surface area contributed by atoms with E-state index in [-0.39, 0.29) is 17.7 Å². The Kier molecular flexibility index (Phi) is 4.51. The summed E-state index contributed by atoms with van der Waals surface area (Å²) in [6.07, 6.45) is 0.219. The van der Waals surface area contributed by atoms with Crippen LogP contribution in [0.25, 0.3) is 0 Å². The van der Waals surface area contributed by atoms with Crippen molar-refractivity contribution in [2.75, 3.05) is 19.6 Å². The molecule has 1 aliphatic rings. The normalized spacial score (nSPS) is 25.2. The van der Waals surface area contributed by atoms with Crippen molar-refractivity contribution in [1.82, 2.24) is 4.90 Å². The third-order valence-corrected chi connectivity index (χ3v) is 3.73. The van der Waals surface area contributed by atoms with Gasteiger partial charge >= 0.3 is 0 Å². The topological polar surface area (TPSA) is 38.5 Å². The molecule has 1 saturated heterocycles. The summed E-state index contributed by atoms with van der Waals surface area (Å²) in [6, 6.07) is 8.17. The number of hydrogen-bond donors (Lipinski definition) is 1. The van der Waals surface area contributed by atoms with Gasteiger partial charge < -0.3 is 10.5 Å². The zero-order valence-electron chi connectivity index (χ0n) is 11.9.